The Hall–Kier alpha value is -2.15. The topological polar surface area (TPSA) is 55.4 Å². The largest absolute Gasteiger partial charge is 0.492 e. The lowest BCUT2D eigenvalue weighted by Gasteiger charge is -2.13. The van der Waals surface area contributed by atoms with Crippen molar-refractivity contribution in [2.45, 2.75) is 11.8 Å². The molecular formula is C14H13F2NO3S. The van der Waals surface area contributed by atoms with Crippen LogP contribution in [0.2, 0.25) is 0 Å². The van der Waals surface area contributed by atoms with Crippen molar-refractivity contribution in [2.24, 2.45) is 0 Å². The van der Waals surface area contributed by atoms with Gasteiger partial charge >= 0.3 is 0 Å². The summed E-state index contributed by atoms with van der Waals surface area (Å²) in [5.41, 5.74) is 0.113. The van der Waals surface area contributed by atoms with E-state index in [2.05, 4.69) is 4.72 Å². The first-order valence-electron chi connectivity index (χ1n) is 6.13. The molecule has 2 aromatic rings. The third-order valence-corrected chi connectivity index (χ3v) is 3.99. The SMILES string of the molecule is CCOc1cc(F)ccc1NS(=O)(=O)c1ccc(F)cc1. The lowest BCUT2D eigenvalue weighted by Crippen LogP contribution is -2.14. The minimum atomic E-state index is -3.90. The fraction of sp³-hybridized carbons (Fsp3) is 0.143. The molecule has 0 heterocycles. The van der Waals surface area contributed by atoms with Crippen LogP contribution in [0, 0.1) is 11.6 Å². The zero-order valence-corrected chi connectivity index (χ0v) is 12.0. The Kier molecular flexibility index (Phi) is 4.42. The maximum atomic E-state index is 13.2. The number of anilines is 1. The zero-order chi connectivity index (χ0) is 15.5. The molecule has 1 N–H and O–H groups in total. The molecule has 4 nitrogen and oxygen atoms in total. The highest BCUT2D eigenvalue weighted by Gasteiger charge is 2.17. The predicted molar refractivity (Wildman–Crippen MR) is 74.8 cm³/mol. The van der Waals surface area contributed by atoms with Crippen molar-refractivity contribution in [1.29, 1.82) is 0 Å². The van der Waals surface area contributed by atoms with Gasteiger partial charge in [-0.3, -0.25) is 4.72 Å². The van der Waals surface area contributed by atoms with Crippen LogP contribution in [0.25, 0.3) is 0 Å². The van der Waals surface area contributed by atoms with E-state index in [9.17, 15) is 17.2 Å². The number of hydrogen-bond acceptors (Lipinski definition) is 3. The van der Waals surface area contributed by atoms with Gasteiger partial charge in [-0.15, -0.1) is 0 Å². The van der Waals surface area contributed by atoms with Gasteiger partial charge in [-0.25, -0.2) is 17.2 Å². The van der Waals surface area contributed by atoms with Crippen molar-refractivity contribution in [2.75, 3.05) is 11.3 Å². The van der Waals surface area contributed by atoms with E-state index in [4.69, 9.17) is 4.74 Å². The minimum absolute atomic E-state index is 0.0863. The van der Waals surface area contributed by atoms with E-state index < -0.39 is 21.7 Å². The summed E-state index contributed by atoms with van der Waals surface area (Å²) in [6, 6.07) is 7.84. The van der Waals surface area contributed by atoms with Gasteiger partial charge in [-0.05, 0) is 43.3 Å². The van der Waals surface area contributed by atoms with Crippen LogP contribution < -0.4 is 9.46 Å². The highest BCUT2D eigenvalue weighted by molar-refractivity contribution is 7.92. The summed E-state index contributed by atoms with van der Waals surface area (Å²) in [4.78, 5) is -0.101. The van der Waals surface area contributed by atoms with Crippen LogP contribution in [0.4, 0.5) is 14.5 Å². The van der Waals surface area contributed by atoms with Crippen LogP contribution in [0.3, 0.4) is 0 Å². The molecule has 0 amide bonds. The van der Waals surface area contributed by atoms with Crippen molar-refractivity contribution >= 4 is 15.7 Å². The summed E-state index contributed by atoms with van der Waals surface area (Å²) in [6.07, 6.45) is 0. The standard InChI is InChI=1S/C14H13F2NO3S/c1-2-20-14-9-11(16)5-8-13(14)17-21(18,19)12-6-3-10(15)4-7-12/h3-9,17H,2H2,1H3. The second-order valence-corrected chi connectivity index (χ2v) is 5.82. The number of sulfonamides is 1. The Labute approximate surface area is 121 Å². The zero-order valence-electron chi connectivity index (χ0n) is 11.1. The van der Waals surface area contributed by atoms with Gasteiger partial charge in [-0.1, -0.05) is 0 Å². The van der Waals surface area contributed by atoms with Crippen molar-refractivity contribution in [3.05, 3.63) is 54.1 Å². The number of benzene rings is 2. The first-order chi connectivity index (χ1) is 9.92. The van der Waals surface area contributed by atoms with Crippen LogP contribution >= 0.6 is 0 Å². The van der Waals surface area contributed by atoms with Gasteiger partial charge in [0.15, 0.2) is 0 Å². The van der Waals surface area contributed by atoms with Gasteiger partial charge in [-0.2, -0.15) is 0 Å². The molecule has 0 saturated heterocycles. The van der Waals surface area contributed by atoms with Crippen LogP contribution in [-0.2, 0) is 10.0 Å². The van der Waals surface area contributed by atoms with Crippen molar-refractivity contribution < 1.29 is 21.9 Å². The molecule has 0 bridgehead atoms. The lowest BCUT2D eigenvalue weighted by atomic mass is 10.3. The number of rotatable bonds is 5. The first-order valence-corrected chi connectivity index (χ1v) is 7.61. The smallest absolute Gasteiger partial charge is 0.262 e. The fourth-order valence-electron chi connectivity index (χ4n) is 1.67. The van der Waals surface area contributed by atoms with E-state index in [-0.39, 0.29) is 22.9 Å². The van der Waals surface area contributed by atoms with Gasteiger partial charge in [0.1, 0.15) is 17.4 Å². The minimum Gasteiger partial charge on any atom is -0.492 e. The molecule has 0 atom stereocenters. The van der Waals surface area contributed by atoms with Crippen molar-refractivity contribution in [3.63, 3.8) is 0 Å². The molecule has 2 rings (SSSR count). The van der Waals surface area contributed by atoms with Crippen LogP contribution in [0.5, 0.6) is 5.75 Å². The van der Waals surface area contributed by atoms with Gasteiger partial charge in [0.25, 0.3) is 10.0 Å². The molecule has 0 radical (unpaired) electrons. The molecule has 0 spiro atoms. The van der Waals surface area contributed by atoms with Crippen molar-refractivity contribution in [3.8, 4) is 5.75 Å². The number of halogens is 2. The molecule has 7 heteroatoms. The third kappa shape index (κ3) is 3.69. The molecule has 0 fully saturated rings. The molecule has 2 aromatic carbocycles. The van der Waals surface area contributed by atoms with Crippen LogP contribution in [0.1, 0.15) is 6.92 Å². The maximum Gasteiger partial charge on any atom is 0.262 e. The molecule has 0 aromatic heterocycles. The van der Waals surface area contributed by atoms with E-state index in [0.717, 1.165) is 36.4 Å². The maximum absolute atomic E-state index is 13.2. The highest BCUT2D eigenvalue weighted by atomic mass is 32.2. The molecule has 0 aliphatic rings. The summed E-state index contributed by atoms with van der Waals surface area (Å²) >= 11 is 0. The van der Waals surface area contributed by atoms with Gasteiger partial charge in [0, 0.05) is 6.07 Å². The summed E-state index contributed by atoms with van der Waals surface area (Å²) in [5, 5.41) is 0. The molecule has 0 aliphatic heterocycles. The van der Waals surface area contributed by atoms with Crippen LogP contribution in [-0.4, -0.2) is 15.0 Å². The molecule has 112 valence electrons. The summed E-state index contributed by atoms with van der Waals surface area (Å²) in [5.74, 6) is -0.989. The first kappa shape index (κ1) is 15.2. The molecule has 0 unspecified atom stereocenters. The quantitative estimate of drug-likeness (QED) is 0.922. The average Bonchev–Trinajstić information content (AvgIpc) is 2.42. The van der Waals surface area contributed by atoms with Gasteiger partial charge < -0.3 is 4.74 Å². The van der Waals surface area contributed by atoms with E-state index in [0.29, 0.717) is 0 Å². The van der Waals surface area contributed by atoms with Gasteiger partial charge in [0.2, 0.25) is 0 Å². The van der Waals surface area contributed by atoms with Gasteiger partial charge in [0.05, 0.1) is 17.2 Å². The Morgan fingerprint density at radius 2 is 1.67 bits per heavy atom. The monoisotopic (exact) mass is 313 g/mol. The summed E-state index contributed by atoms with van der Waals surface area (Å²) < 4.78 is 57.8. The number of ether oxygens (including phenoxy) is 1. The van der Waals surface area contributed by atoms with E-state index in [1.54, 1.807) is 6.92 Å². The molecule has 21 heavy (non-hydrogen) atoms. The average molecular weight is 313 g/mol. The Bertz CT molecular complexity index is 730. The van der Waals surface area contributed by atoms with E-state index in [1.165, 1.54) is 6.07 Å². The number of nitrogens with one attached hydrogen (secondary N) is 1. The van der Waals surface area contributed by atoms with Crippen molar-refractivity contribution in [1.82, 2.24) is 0 Å². The Balaban J connectivity index is 2.34. The molecular weight excluding hydrogens is 300 g/mol. The molecule has 0 saturated carbocycles. The second kappa shape index (κ2) is 6.09. The number of hydrogen-bond donors (Lipinski definition) is 1. The lowest BCUT2D eigenvalue weighted by molar-refractivity contribution is 0.340. The highest BCUT2D eigenvalue weighted by Crippen LogP contribution is 2.28. The summed E-state index contributed by atoms with van der Waals surface area (Å²) in [7, 11) is -3.90. The molecule has 0 aliphatic carbocycles. The third-order valence-electron chi connectivity index (χ3n) is 2.61. The van der Waals surface area contributed by atoms with E-state index >= 15 is 0 Å². The Morgan fingerprint density at radius 1 is 1.05 bits per heavy atom. The van der Waals surface area contributed by atoms with E-state index in [1.807, 2.05) is 0 Å². The second-order valence-electron chi connectivity index (χ2n) is 4.13. The predicted octanol–water partition coefficient (Wildman–Crippen LogP) is 3.16. The Morgan fingerprint density at radius 3 is 2.29 bits per heavy atom. The van der Waals surface area contributed by atoms with Crippen LogP contribution in [0.15, 0.2) is 47.4 Å². The summed E-state index contributed by atoms with van der Waals surface area (Å²) in [6.45, 7) is 1.96. The fourth-order valence-corrected chi connectivity index (χ4v) is 2.74. The normalized spacial score (nSPS) is 11.2.